The summed E-state index contributed by atoms with van der Waals surface area (Å²) in [5, 5.41) is 9.36. The number of aliphatic hydroxyl groups excluding tert-OH is 1. The van der Waals surface area contributed by atoms with E-state index in [0.717, 1.165) is 22.5 Å². The first-order chi connectivity index (χ1) is 10.8. The number of Topliss-reactive ketones (excluding diaryl/α,β-unsaturated/α-hetero) is 1. The zero-order valence-electron chi connectivity index (χ0n) is 11.4. The molecule has 23 heavy (non-hydrogen) atoms. The molecule has 0 spiro atoms. The van der Waals surface area contributed by atoms with Gasteiger partial charge >= 0.3 is 23.3 Å². The van der Waals surface area contributed by atoms with Crippen molar-refractivity contribution in [1.82, 2.24) is 4.98 Å². The second-order valence-corrected chi connectivity index (χ2v) is 4.91. The highest BCUT2D eigenvalue weighted by molar-refractivity contribution is 6.19. The smallest absolute Gasteiger partial charge is 0.385 e. The first-order valence-corrected chi connectivity index (χ1v) is 6.43. The summed E-state index contributed by atoms with van der Waals surface area (Å²) in [5.41, 5.74) is 0.285. The second kappa shape index (κ2) is 4.87. The van der Waals surface area contributed by atoms with Crippen LogP contribution in [0.2, 0.25) is 0 Å². The third kappa shape index (κ3) is 2.09. The summed E-state index contributed by atoms with van der Waals surface area (Å²) in [6, 6.07) is 6.27. The molecule has 2 aromatic heterocycles. The summed E-state index contributed by atoms with van der Waals surface area (Å²) in [5.74, 6) is -13.9. The molecule has 0 radical (unpaired) electrons. The molecule has 0 aliphatic heterocycles. The number of rotatable bonds is 2. The van der Waals surface area contributed by atoms with Crippen LogP contribution in [0.3, 0.4) is 0 Å². The Morgan fingerprint density at radius 1 is 0.913 bits per heavy atom. The van der Waals surface area contributed by atoms with E-state index in [2.05, 4.69) is 4.98 Å². The fraction of sp³-hybridized carbons (Fsp3) is 0.133. The number of aromatic nitrogens is 2. The van der Waals surface area contributed by atoms with Gasteiger partial charge in [0.1, 0.15) is 0 Å². The summed E-state index contributed by atoms with van der Waals surface area (Å²) in [6.07, 6.45) is 5.39. The number of carbonyl (C=O) groups excluding carboxylic acids is 1. The Morgan fingerprint density at radius 3 is 1.91 bits per heavy atom. The van der Waals surface area contributed by atoms with Crippen LogP contribution in [0.1, 0.15) is 0 Å². The summed E-state index contributed by atoms with van der Waals surface area (Å²) in [7, 11) is 0. The minimum Gasteiger partial charge on any atom is -0.501 e. The number of carbonyl (C=O) groups is 1. The number of pyridine rings is 2. The Kier molecular flexibility index (Phi) is 3.20. The van der Waals surface area contributed by atoms with Gasteiger partial charge in [0.2, 0.25) is 5.76 Å². The molecule has 3 rings (SSSR count). The molecule has 8 heteroatoms. The van der Waals surface area contributed by atoms with Crippen molar-refractivity contribution in [1.29, 1.82) is 0 Å². The van der Waals surface area contributed by atoms with Crippen molar-refractivity contribution >= 4 is 11.5 Å². The predicted octanol–water partition coefficient (Wildman–Crippen LogP) is 2.62. The first kappa shape index (κ1) is 15.1. The Hall–Kier alpha value is -2.77. The van der Waals surface area contributed by atoms with Gasteiger partial charge in [-0.3, -0.25) is 9.78 Å². The number of allylic oxidation sites excluding steroid dienone is 2. The minimum atomic E-state index is -4.97. The van der Waals surface area contributed by atoms with E-state index in [1.54, 1.807) is 24.5 Å². The van der Waals surface area contributed by atoms with Crippen molar-refractivity contribution in [3.63, 3.8) is 0 Å². The molecule has 0 saturated carbocycles. The summed E-state index contributed by atoms with van der Waals surface area (Å²) >= 11 is 0. The number of nitrogens with zero attached hydrogens (tertiary/aromatic N) is 2. The zero-order valence-corrected chi connectivity index (χ0v) is 11.4. The lowest BCUT2D eigenvalue weighted by Crippen LogP contribution is -2.44. The van der Waals surface area contributed by atoms with Gasteiger partial charge in [0, 0.05) is 24.5 Å². The van der Waals surface area contributed by atoms with Crippen molar-refractivity contribution in [2.24, 2.45) is 0 Å². The zero-order chi connectivity index (χ0) is 16.8. The highest BCUT2D eigenvalue weighted by Gasteiger charge is 2.74. The van der Waals surface area contributed by atoms with E-state index < -0.39 is 29.1 Å². The third-order valence-corrected chi connectivity index (χ3v) is 3.52. The highest BCUT2D eigenvalue weighted by Crippen LogP contribution is 2.47. The maximum Gasteiger partial charge on any atom is 0.385 e. The summed E-state index contributed by atoms with van der Waals surface area (Å²) < 4.78 is 54.1. The van der Waals surface area contributed by atoms with E-state index in [1.807, 2.05) is 0 Å². The van der Waals surface area contributed by atoms with E-state index >= 15 is 0 Å². The van der Waals surface area contributed by atoms with Crippen LogP contribution in [0, 0.1) is 0 Å². The van der Waals surface area contributed by atoms with Crippen LogP contribution in [0.5, 0.6) is 0 Å². The maximum atomic E-state index is 13.3. The maximum absolute atomic E-state index is 13.3. The molecule has 0 atom stereocenters. The van der Waals surface area contributed by atoms with Crippen molar-refractivity contribution in [3.8, 4) is 11.1 Å². The molecule has 0 unspecified atom stereocenters. The van der Waals surface area contributed by atoms with E-state index in [-0.39, 0.29) is 0 Å². The molecule has 2 aromatic rings. The lowest BCUT2D eigenvalue weighted by Gasteiger charge is -2.15. The summed E-state index contributed by atoms with van der Waals surface area (Å²) in [4.78, 5) is 15.4. The molecule has 0 fully saturated rings. The lowest BCUT2D eigenvalue weighted by molar-refractivity contribution is -0.578. The van der Waals surface area contributed by atoms with Gasteiger partial charge < -0.3 is 5.11 Å². The topological polar surface area (TPSA) is 54.1 Å². The van der Waals surface area contributed by atoms with Crippen LogP contribution in [0.15, 0.2) is 54.8 Å². The monoisotopic (exact) mass is 325 g/mol. The Balaban J connectivity index is 2.04. The predicted molar refractivity (Wildman–Crippen MR) is 70.6 cm³/mol. The number of ketones is 1. The van der Waals surface area contributed by atoms with E-state index in [9.17, 15) is 27.5 Å². The standard InChI is InChI=1S/C15H8F4N2O2/c16-14(17)12(22)11(13(23)15(14,18)19)21-7-3-10(4-8-21)9-1-5-20-6-2-9/h1-8H/p+1. The molecular weight excluding hydrogens is 316 g/mol. The Labute approximate surface area is 127 Å². The first-order valence-electron chi connectivity index (χ1n) is 6.43. The van der Waals surface area contributed by atoms with Crippen molar-refractivity contribution in [3.05, 3.63) is 54.8 Å². The van der Waals surface area contributed by atoms with Gasteiger partial charge in [-0.1, -0.05) is 0 Å². The molecule has 4 nitrogen and oxygen atoms in total. The molecule has 1 aliphatic rings. The number of hydrogen-bond donors (Lipinski definition) is 1. The van der Waals surface area contributed by atoms with Crippen LogP contribution in [0.4, 0.5) is 17.6 Å². The molecule has 0 bridgehead atoms. The van der Waals surface area contributed by atoms with Gasteiger partial charge in [0.25, 0.3) is 0 Å². The van der Waals surface area contributed by atoms with Crippen LogP contribution in [-0.2, 0) is 4.79 Å². The molecule has 1 N–H and O–H groups in total. The van der Waals surface area contributed by atoms with Gasteiger partial charge in [-0.05, 0) is 23.3 Å². The van der Waals surface area contributed by atoms with Crippen LogP contribution >= 0.6 is 0 Å². The Bertz CT molecular complexity index is 802. The third-order valence-electron chi connectivity index (χ3n) is 3.52. The fourth-order valence-electron chi connectivity index (χ4n) is 2.25. The SMILES string of the molecule is O=C1C([n+]2ccc(-c3ccncc3)cc2)=C(O)C(F)(F)C1(F)F. The van der Waals surface area contributed by atoms with Crippen LogP contribution in [-0.4, -0.2) is 27.7 Å². The number of halogens is 4. The van der Waals surface area contributed by atoms with Crippen molar-refractivity contribution < 1.29 is 32.0 Å². The van der Waals surface area contributed by atoms with Gasteiger partial charge in [-0.15, -0.1) is 0 Å². The van der Waals surface area contributed by atoms with E-state index in [0.29, 0.717) is 5.56 Å². The van der Waals surface area contributed by atoms with Crippen molar-refractivity contribution in [2.45, 2.75) is 11.8 Å². The largest absolute Gasteiger partial charge is 0.501 e. The van der Waals surface area contributed by atoms with Crippen LogP contribution in [0.25, 0.3) is 16.8 Å². The molecule has 0 amide bonds. The van der Waals surface area contributed by atoms with E-state index in [4.69, 9.17) is 0 Å². The average Bonchev–Trinajstić information content (AvgIpc) is 2.66. The van der Waals surface area contributed by atoms with Gasteiger partial charge in [-0.2, -0.15) is 22.1 Å². The molecule has 0 saturated heterocycles. The van der Waals surface area contributed by atoms with E-state index in [1.165, 1.54) is 12.1 Å². The lowest BCUT2D eigenvalue weighted by atomic mass is 10.1. The number of alkyl halides is 4. The fourth-order valence-corrected chi connectivity index (χ4v) is 2.25. The van der Waals surface area contributed by atoms with Crippen molar-refractivity contribution in [2.75, 3.05) is 0 Å². The van der Waals surface area contributed by atoms with Gasteiger partial charge in [-0.25, -0.2) is 0 Å². The number of aliphatic hydroxyl groups is 1. The number of hydrogen-bond acceptors (Lipinski definition) is 3. The average molecular weight is 325 g/mol. The van der Waals surface area contributed by atoms with Gasteiger partial charge in [0.15, 0.2) is 12.4 Å². The molecule has 1 aliphatic carbocycles. The molecule has 0 aromatic carbocycles. The van der Waals surface area contributed by atoms with Gasteiger partial charge in [0.05, 0.1) is 0 Å². The summed E-state index contributed by atoms with van der Waals surface area (Å²) in [6.45, 7) is 0. The molecule has 118 valence electrons. The normalized spacial score (nSPS) is 19.2. The quantitative estimate of drug-likeness (QED) is 0.682. The van der Waals surface area contributed by atoms with Crippen LogP contribution < -0.4 is 4.57 Å². The molecular formula is C15H9F4N2O2+. The Morgan fingerprint density at radius 2 is 1.43 bits per heavy atom. The highest BCUT2D eigenvalue weighted by atomic mass is 19.3. The molecule has 2 heterocycles. The second-order valence-electron chi connectivity index (χ2n) is 4.91. The minimum absolute atomic E-state index is 0.660.